The first kappa shape index (κ1) is 13.8. The number of thioether (sulfide) groups is 1. The molecular formula is C14H18N2O2S. The third kappa shape index (κ3) is 3.44. The summed E-state index contributed by atoms with van der Waals surface area (Å²) in [5, 5.41) is 4.25. The Balaban J connectivity index is 2.01. The van der Waals surface area contributed by atoms with Crippen molar-refractivity contribution in [1.29, 1.82) is 0 Å². The zero-order valence-corrected chi connectivity index (χ0v) is 11.9. The second kappa shape index (κ2) is 6.02. The Morgan fingerprint density at radius 2 is 2.26 bits per heavy atom. The molecule has 0 saturated heterocycles. The number of nitrogens with one attached hydrogen (secondary N) is 1. The van der Waals surface area contributed by atoms with Gasteiger partial charge in [0.2, 0.25) is 0 Å². The molecule has 1 aromatic heterocycles. The Kier molecular flexibility index (Phi) is 4.37. The van der Waals surface area contributed by atoms with Gasteiger partial charge in [0.25, 0.3) is 5.91 Å². The molecule has 0 aliphatic rings. The van der Waals surface area contributed by atoms with Crippen molar-refractivity contribution in [1.82, 2.24) is 5.32 Å². The van der Waals surface area contributed by atoms with Crippen LogP contribution in [-0.4, -0.2) is 24.0 Å². The summed E-state index contributed by atoms with van der Waals surface area (Å²) >= 11 is 1.79. The largest absolute Gasteiger partial charge is 0.451 e. The third-order valence-electron chi connectivity index (χ3n) is 3.00. The van der Waals surface area contributed by atoms with Gasteiger partial charge in [-0.3, -0.25) is 4.79 Å². The molecule has 5 heteroatoms. The lowest BCUT2D eigenvalue weighted by molar-refractivity contribution is 0.0928. The number of hydrogen-bond acceptors (Lipinski definition) is 4. The monoisotopic (exact) mass is 278 g/mol. The van der Waals surface area contributed by atoms with E-state index >= 15 is 0 Å². The van der Waals surface area contributed by atoms with Crippen LogP contribution in [0.15, 0.2) is 28.7 Å². The van der Waals surface area contributed by atoms with Crippen LogP contribution in [0, 0.1) is 0 Å². The van der Waals surface area contributed by atoms with Crippen LogP contribution < -0.4 is 11.1 Å². The number of amides is 1. The highest BCUT2D eigenvalue weighted by Crippen LogP contribution is 2.21. The number of carbonyl (C=O) groups excluding carboxylic acids is 1. The smallest absolute Gasteiger partial charge is 0.287 e. The van der Waals surface area contributed by atoms with Gasteiger partial charge in [0, 0.05) is 22.9 Å². The van der Waals surface area contributed by atoms with Gasteiger partial charge in [0.05, 0.1) is 0 Å². The first-order valence-electron chi connectivity index (χ1n) is 6.20. The molecule has 0 aliphatic carbocycles. The molecule has 0 radical (unpaired) electrons. The van der Waals surface area contributed by atoms with E-state index < -0.39 is 0 Å². The van der Waals surface area contributed by atoms with Gasteiger partial charge in [0.15, 0.2) is 5.76 Å². The average molecular weight is 278 g/mol. The number of furan rings is 1. The van der Waals surface area contributed by atoms with Crippen molar-refractivity contribution >= 4 is 34.3 Å². The lowest BCUT2D eigenvalue weighted by Gasteiger charge is -2.07. The Morgan fingerprint density at radius 1 is 1.47 bits per heavy atom. The van der Waals surface area contributed by atoms with Gasteiger partial charge >= 0.3 is 0 Å². The fraction of sp³-hybridized carbons (Fsp3) is 0.357. The molecule has 1 atom stereocenters. The molecule has 19 heavy (non-hydrogen) atoms. The van der Waals surface area contributed by atoms with Crippen LogP contribution in [-0.2, 0) is 0 Å². The van der Waals surface area contributed by atoms with E-state index in [0.29, 0.717) is 28.8 Å². The zero-order valence-electron chi connectivity index (χ0n) is 11.1. The van der Waals surface area contributed by atoms with Crippen LogP contribution in [0.2, 0.25) is 0 Å². The van der Waals surface area contributed by atoms with Gasteiger partial charge in [0.1, 0.15) is 5.58 Å². The van der Waals surface area contributed by atoms with Gasteiger partial charge < -0.3 is 15.5 Å². The minimum atomic E-state index is -0.178. The van der Waals surface area contributed by atoms with E-state index in [1.165, 1.54) is 0 Å². The predicted molar refractivity (Wildman–Crippen MR) is 80.6 cm³/mol. The maximum absolute atomic E-state index is 11.9. The quantitative estimate of drug-likeness (QED) is 0.825. The highest BCUT2D eigenvalue weighted by Gasteiger charge is 2.12. The molecule has 2 rings (SSSR count). The molecule has 3 N–H and O–H groups in total. The standard InChI is InChI=1S/C14H18N2O2S/c1-9(19-2)5-6-16-14(17)13-8-10-7-11(15)3-4-12(10)18-13/h3-4,7-9H,5-6,15H2,1-2H3,(H,16,17). The molecule has 1 heterocycles. The van der Waals surface area contributed by atoms with Crippen LogP contribution in [0.3, 0.4) is 0 Å². The number of nitrogens with two attached hydrogens (primary N) is 1. The molecule has 0 fully saturated rings. The van der Waals surface area contributed by atoms with E-state index in [1.807, 2.05) is 0 Å². The van der Waals surface area contributed by atoms with E-state index in [-0.39, 0.29) is 5.91 Å². The average Bonchev–Trinajstić information content (AvgIpc) is 2.81. The van der Waals surface area contributed by atoms with Crippen molar-refractivity contribution in [3.63, 3.8) is 0 Å². The number of benzene rings is 1. The number of anilines is 1. The van der Waals surface area contributed by atoms with E-state index in [1.54, 1.807) is 36.0 Å². The van der Waals surface area contributed by atoms with Crippen molar-refractivity contribution in [3.05, 3.63) is 30.0 Å². The van der Waals surface area contributed by atoms with Gasteiger partial charge in [-0.05, 0) is 36.9 Å². The van der Waals surface area contributed by atoms with E-state index in [2.05, 4.69) is 18.5 Å². The van der Waals surface area contributed by atoms with Crippen LogP contribution in [0.1, 0.15) is 23.9 Å². The number of fused-ring (bicyclic) bond motifs is 1. The highest BCUT2D eigenvalue weighted by molar-refractivity contribution is 7.99. The molecule has 0 saturated carbocycles. The molecule has 0 bridgehead atoms. The van der Waals surface area contributed by atoms with Gasteiger partial charge in [-0.2, -0.15) is 11.8 Å². The van der Waals surface area contributed by atoms with E-state index in [4.69, 9.17) is 10.2 Å². The summed E-state index contributed by atoms with van der Waals surface area (Å²) in [5.74, 6) is 0.153. The summed E-state index contributed by atoms with van der Waals surface area (Å²) in [6.45, 7) is 2.79. The second-order valence-corrected chi connectivity index (χ2v) is 5.77. The molecule has 1 aromatic carbocycles. The fourth-order valence-corrected chi connectivity index (χ4v) is 2.12. The van der Waals surface area contributed by atoms with E-state index in [9.17, 15) is 4.79 Å². The summed E-state index contributed by atoms with van der Waals surface area (Å²) in [5.41, 5.74) is 7.03. The maximum Gasteiger partial charge on any atom is 0.287 e. The molecule has 1 unspecified atom stereocenters. The number of nitrogen functional groups attached to an aromatic ring is 1. The number of hydrogen-bond donors (Lipinski definition) is 2. The first-order valence-corrected chi connectivity index (χ1v) is 7.49. The van der Waals surface area contributed by atoms with Crippen LogP contribution in [0.4, 0.5) is 5.69 Å². The van der Waals surface area contributed by atoms with Gasteiger partial charge in [-0.15, -0.1) is 0 Å². The third-order valence-corrected chi connectivity index (χ3v) is 4.04. The van der Waals surface area contributed by atoms with Crippen LogP contribution in [0.5, 0.6) is 0 Å². The molecule has 0 aliphatic heterocycles. The second-order valence-electron chi connectivity index (χ2n) is 4.50. The number of carbonyl (C=O) groups is 1. The summed E-state index contributed by atoms with van der Waals surface area (Å²) in [4.78, 5) is 11.9. The van der Waals surface area contributed by atoms with Crippen molar-refractivity contribution in [2.24, 2.45) is 0 Å². The minimum Gasteiger partial charge on any atom is -0.451 e. The molecule has 0 spiro atoms. The normalized spacial score (nSPS) is 12.5. The Labute approximate surface area is 116 Å². The van der Waals surface area contributed by atoms with Crippen molar-refractivity contribution in [2.45, 2.75) is 18.6 Å². The molecule has 1 amide bonds. The van der Waals surface area contributed by atoms with E-state index in [0.717, 1.165) is 11.8 Å². The number of rotatable bonds is 5. The SMILES string of the molecule is CSC(C)CCNC(=O)c1cc2cc(N)ccc2o1. The summed E-state index contributed by atoms with van der Waals surface area (Å²) in [6.07, 6.45) is 3.01. The van der Waals surface area contributed by atoms with Gasteiger partial charge in [-0.25, -0.2) is 0 Å². The Bertz CT molecular complexity index is 580. The molecular weight excluding hydrogens is 260 g/mol. The van der Waals surface area contributed by atoms with Gasteiger partial charge in [-0.1, -0.05) is 6.92 Å². The minimum absolute atomic E-state index is 0.178. The summed E-state index contributed by atoms with van der Waals surface area (Å²) < 4.78 is 5.50. The van der Waals surface area contributed by atoms with Crippen LogP contribution in [0.25, 0.3) is 11.0 Å². The summed E-state index contributed by atoms with van der Waals surface area (Å²) in [7, 11) is 0. The predicted octanol–water partition coefficient (Wildman–Crippen LogP) is 2.89. The fourth-order valence-electron chi connectivity index (χ4n) is 1.77. The first-order chi connectivity index (χ1) is 9.10. The Morgan fingerprint density at radius 3 is 3.00 bits per heavy atom. The van der Waals surface area contributed by atoms with Crippen molar-refractivity contribution in [2.75, 3.05) is 18.5 Å². The molecule has 102 valence electrons. The molecule has 4 nitrogen and oxygen atoms in total. The van der Waals surface area contributed by atoms with Crippen LogP contribution >= 0.6 is 11.8 Å². The topological polar surface area (TPSA) is 68.3 Å². The molecule has 2 aromatic rings. The lowest BCUT2D eigenvalue weighted by atomic mass is 10.2. The maximum atomic E-state index is 11.9. The summed E-state index contributed by atoms with van der Waals surface area (Å²) in [6, 6.07) is 7.05. The highest BCUT2D eigenvalue weighted by atomic mass is 32.2. The van der Waals surface area contributed by atoms with Crippen molar-refractivity contribution < 1.29 is 9.21 Å². The Hall–Kier alpha value is -1.62. The zero-order chi connectivity index (χ0) is 13.8. The van der Waals surface area contributed by atoms with Crippen molar-refractivity contribution in [3.8, 4) is 0 Å². The lowest BCUT2D eigenvalue weighted by Crippen LogP contribution is -2.25.